The molecule has 5 heteroatoms. The van der Waals surface area contributed by atoms with E-state index >= 15 is 0 Å². The number of aromatic amines is 1. The molecule has 2 aromatic rings. The number of nitrogens with one attached hydrogen (secondary N) is 1. The number of H-pyrrole nitrogens is 1. The summed E-state index contributed by atoms with van der Waals surface area (Å²) < 4.78 is 18.6. The lowest BCUT2D eigenvalue weighted by atomic mass is 10.1. The number of rotatable bonds is 4. The first kappa shape index (κ1) is 14.2. The molecule has 1 aromatic carbocycles. The summed E-state index contributed by atoms with van der Waals surface area (Å²) in [6.45, 7) is 4.10. The molecule has 106 valence electrons. The second-order valence-corrected chi connectivity index (χ2v) is 5.03. The van der Waals surface area contributed by atoms with Crippen LogP contribution >= 0.6 is 0 Å². The second-order valence-electron chi connectivity index (χ2n) is 5.03. The molecule has 0 unspecified atom stereocenters. The van der Waals surface area contributed by atoms with Gasteiger partial charge in [-0.05, 0) is 30.5 Å². The molecule has 0 radical (unpaired) electrons. The lowest BCUT2D eigenvalue weighted by Gasteiger charge is -2.08. The fourth-order valence-electron chi connectivity index (χ4n) is 1.98. The molecule has 0 bridgehead atoms. The highest BCUT2D eigenvalue weighted by Gasteiger charge is 2.09. The van der Waals surface area contributed by atoms with Gasteiger partial charge in [0, 0.05) is 17.3 Å². The summed E-state index contributed by atoms with van der Waals surface area (Å²) in [6.07, 6.45) is 0.704. The minimum Gasteiger partial charge on any atom is -0.494 e. The van der Waals surface area contributed by atoms with Gasteiger partial charge in [0.05, 0.1) is 7.11 Å². The van der Waals surface area contributed by atoms with E-state index in [1.54, 1.807) is 6.07 Å². The molecule has 4 nitrogen and oxygen atoms in total. The topological polar surface area (TPSA) is 55.0 Å². The van der Waals surface area contributed by atoms with Crippen LogP contribution in [0.5, 0.6) is 5.75 Å². The highest BCUT2D eigenvalue weighted by Crippen LogP contribution is 2.22. The van der Waals surface area contributed by atoms with Gasteiger partial charge in [-0.2, -0.15) is 0 Å². The van der Waals surface area contributed by atoms with Gasteiger partial charge in [-0.1, -0.05) is 13.8 Å². The van der Waals surface area contributed by atoms with E-state index in [4.69, 9.17) is 4.74 Å². The monoisotopic (exact) mass is 276 g/mol. The average molecular weight is 276 g/mol. The van der Waals surface area contributed by atoms with Gasteiger partial charge in [-0.25, -0.2) is 9.37 Å². The number of methoxy groups -OCH3 is 1. The highest BCUT2D eigenvalue weighted by atomic mass is 19.1. The van der Waals surface area contributed by atoms with Crippen LogP contribution in [0.15, 0.2) is 29.1 Å². The molecule has 0 amide bonds. The quantitative estimate of drug-likeness (QED) is 0.934. The van der Waals surface area contributed by atoms with E-state index in [2.05, 4.69) is 23.8 Å². The van der Waals surface area contributed by atoms with Gasteiger partial charge in [-0.15, -0.1) is 0 Å². The van der Waals surface area contributed by atoms with Crippen molar-refractivity contribution in [2.75, 3.05) is 7.11 Å². The zero-order valence-corrected chi connectivity index (χ0v) is 11.7. The number of benzene rings is 1. The zero-order valence-electron chi connectivity index (χ0n) is 11.7. The molecular formula is C15H17FN2O2. The van der Waals surface area contributed by atoms with Crippen molar-refractivity contribution in [3.05, 3.63) is 46.1 Å². The fourth-order valence-corrected chi connectivity index (χ4v) is 1.98. The van der Waals surface area contributed by atoms with Gasteiger partial charge >= 0.3 is 0 Å². The first-order valence-corrected chi connectivity index (χ1v) is 6.43. The van der Waals surface area contributed by atoms with Gasteiger partial charge < -0.3 is 9.72 Å². The third-order valence-corrected chi connectivity index (χ3v) is 2.84. The van der Waals surface area contributed by atoms with Crippen molar-refractivity contribution in [3.63, 3.8) is 0 Å². The molecule has 0 spiro atoms. The van der Waals surface area contributed by atoms with E-state index in [1.165, 1.54) is 25.3 Å². The largest absolute Gasteiger partial charge is 0.494 e. The highest BCUT2D eigenvalue weighted by molar-refractivity contribution is 5.56. The molecule has 0 atom stereocenters. The Morgan fingerprint density at radius 1 is 1.35 bits per heavy atom. The standard InChI is InChI=1S/C15H17FN2O2/c1-9(2)6-11-8-14(19)18-15(17-11)10-4-5-13(20-3)12(16)7-10/h4-5,7-9H,6H2,1-3H3,(H,17,18,19). The van der Waals surface area contributed by atoms with Crippen molar-refractivity contribution >= 4 is 0 Å². The van der Waals surface area contributed by atoms with Crippen LogP contribution in [-0.4, -0.2) is 17.1 Å². The smallest absolute Gasteiger partial charge is 0.251 e. The molecule has 0 saturated heterocycles. The van der Waals surface area contributed by atoms with Crippen LogP contribution in [0.25, 0.3) is 11.4 Å². The summed E-state index contributed by atoms with van der Waals surface area (Å²) in [5.74, 6) is 0.441. The molecule has 0 aliphatic rings. The fraction of sp³-hybridized carbons (Fsp3) is 0.333. The van der Waals surface area contributed by atoms with E-state index in [0.29, 0.717) is 29.4 Å². The lowest BCUT2D eigenvalue weighted by Crippen LogP contribution is -2.12. The maximum Gasteiger partial charge on any atom is 0.251 e. The zero-order chi connectivity index (χ0) is 14.7. The maximum atomic E-state index is 13.7. The Kier molecular flexibility index (Phi) is 4.17. The predicted molar refractivity (Wildman–Crippen MR) is 75.3 cm³/mol. The minimum atomic E-state index is -0.484. The molecule has 1 N–H and O–H groups in total. The number of ether oxygens (including phenoxy) is 1. The Balaban J connectivity index is 2.44. The van der Waals surface area contributed by atoms with Crippen LogP contribution in [0.3, 0.4) is 0 Å². The Morgan fingerprint density at radius 2 is 2.10 bits per heavy atom. The number of halogens is 1. The molecule has 0 aliphatic heterocycles. The van der Waals surface area contributed by atoms with Crippen molar-refractivity contribution in [1.82, 2.24) is 9.97 Å². The Bertz CT molecular complexity index is 665. The van der Waals surface area contributed by atoms with E-state index in [1.807, 2.05) is 0 Å². The van der Waals surface area contributed by atoms with Crippen LogP contribution < -0.4 is 10.3 Å². The molecular weight excluding hydrogens is 259 g/mol. The van der Waals surface area contributed by atoms with E-state index in [9.17, 15) is 9.18 Å². The molecule has 20 heavy (non-hydrogen) atoms. The number of hydrogen-bond donors (Lipinski definition) is 1. The number of aromatic nitrogens is 2. The normalized spacial score (nSPS) is 10.8. The van der Waals surface area contributed by atoms with Crippen LogP contribution in [0.1, 0.15) is 19.5 Å². The summed E-state index contributed by atoms with van der Waals surface area (Å²) in [7, 11) is 1.40. The Labute approximate surface area is 116 Å². The molecule has 1 aromatic heterocycles. The molecule has 2 rings (SSSR count). The Morgan fingerprint density at radius 3 is 2.70 bits per heavy atom. The summed E-state index contributed by atoms with van der Waals surface area (Å²) in [5.41, 5.74) is 0.989. The number of nitrogens with zero attached hydrogens (tertiary/aromatic N) is 1. The molecule has 0 aliphatic carbocycles. The van der Waals surface area contributed by atoms with Gasteiger partial charge in [0.25, 0.3) is 5.56 Å². The maximum absolute atomic E-state index is 13.7. The third-order valence-electron chi connectivity index (χ3n) is 2.84. The first-order chi connectivity index (χ1) is 9.49. The molecule has 1 heterocycles. The number of hydrogen-bond acceptors (Lipinski definition) is 3. The van der Waals surface area contributed by atoms with E-state index < -0.39 is 5.82 Å². The van der Waals surface area contributed by atoms with Crippen molar-refractivity contribution in [2.24, 2.45) is 5.92 Å². The van der Waals surface area contributed by atoms with Crippen LogP contribution in [-0.2, 0) is 6.42 Å². The summed E-state index contributed by atoms with van der Waals surface area (Å²) in [5, 5.41) is 0. The summed E-state index contributed by atoms with van der Waals surface area (Å²) >= 11 is 0. The lowest BCUT2D eigenvalue weighted by molar-refractivity contribution is 0.386. The van der Waals surface area contributed by atoms with Crippen molar-refractivity contribution < 1.29 is 9.13 Å². The van der Waals surface area contributed by atoms with Crippen molar-refractivity contribution in [2.45, 2.75) is 20.3 Å². The summed E-state index contributed by atoms with van der Waals surface area (Å²) in [6, 6.07) is 5.96. The minimum absolute atomic E-state index is 0.162. The van der Waals surface area contributed by atoms with Gasteiger partial charge in [0.1, 0.15) is 5.82 Å². The first-order valence-electron chi connectivity index (χ1n) is 6.43. The average Bonchev–Trinajstić information content (AvgIpc) is 2.37. The molecule has 0 saturated carbocycles. The van der Waals surface area contributed by atoms with Crippen LogP contribution in [0.4, 0.5) is 4.39 Å². The van der Waals surface area contributed by atoms with Gasteiger partial charge in [0.2, 0.25) is 0 Å². The predicted octanol–water partition coefficient (Wildman–Crippen LogP) is 2.78. The Hall–Kier alpha value is -2.17. The van der Waals surface area contributed by atoms with Crippen molar-refractivity contribution in [3.8, 4) is 17.1 Å². The summed E-state index contributed by atoms with van der Waals surface area (Å²) in [4.78, 5) is 18.7. The van der Waals surface area contributed by atoms with Gasteiger partial charge in [0.15, 0.2) is 11.6 Å². The van der Waals surface area contributed by atoms with Crippen LogP contribution in [0.2, 0.25) is 0 Å². The second kappa shape index (κ2) is 5.86. The van der Waals surface area contributed by atoms with Crippen molar-refractivity contribution in [1.29, 1.82) is 0 Å². The van der Waals surface area contributed by atoms with Gasteiger partial charge in [-0.3, -0.25) is 4.79 Å². The molecule has 0 fully saturated rings. The van der Waals surface area contributed by atoms with E-state index in [0.717, 1.165) is 0 Å². The third kappa shape index (κ3) is 3.23. The van der Waals surface area contributed by atoms with Crippen LogP contribution in [0, 0.1) is 11.7 Å². The van der Waals surface area contributed by atoms with E-state index in [-0.39, 0.29) is 11.3 Å². The SMILES string of the molecule is COc1ccc(-c2nc(CC(C)C)cc(=O)[nH]2)cc1F.